The lowest BCUT2D eigenvalue weighted by Crippen LogP contribution is -2.39. The Labute approximate surface area is 112 Å². The maximum absolute atomic E-state index is 11.9. The summed E-state index contributed by atoms with van der Waals surface area (Å²) in [6.07, 6.45) is 3.40. The first-order valence-corrected chi connectivity index (χ1v) is 6.23. The molecule has 0 saturated carbocycles. The minimum atomic E-state index is -1.05. The van der Waals surface area contributed by atoms with Gasteiger partial charge in [-0.2, -0.15) is 0 Å². The van der Waals surface area contributed by atoms with Crippen LogP contribution in [0.1, 0.15) is 33.0 Å². The van der Waals surface area contributed by atoms with Gasteiger partial charge in [0.15, 0.2) is 0 Å². The van der Waals surface area contributed by atoms with Crippen molar-refractivity contribution in [3.8, 4) is 0 Å². The summed E-state index contributed by atoms with van der Waals surface area (Å²) in [6, 6.07) is 0. The Balaban J connectivity index is 2.60. The van der Waals surface area contributed by atoms with Crippen LogP contribution in [0.4, 0.5) is 0 Å². The van der Waals surface area contributed by atoms with Crippen molar-refractivity contribution < 1.29 is 14.7 Å². The van der Waals surface area contributed by atoms with Gasteiger partial charge in [-0.1, -0.05) is 13.8 Å². The third kappa shape index (κ3) is 3.56. The number of rotatable bonds is 6. The second kappa shape index (κ2) is 5.86. The predicted molar refractivity (Wildman–Crippen MR) is 70.3 cm³/mol. The zero-order valence-corrected chi connectivity index (χ0v) is 11.8. The minimum absolute atomic E-state index is 0.0373. The summed E-state index contributed by atoms with van der Waals surface area (Å²) < 4.78 is 1.80. The van der Waals surface area contributed by atoms with Gasteiger partial charge in [0.25, 0.3) is 0 Å². The van der Waals surface area contributed by atoms with Crippen molar-refractivity contribution in [2.45, 2.75) is 33.7 Å². The number of aryl methyl sites for hydroxylation is 1. The van der Waals surface area contributed by atoms with E-state index in [1.807, 2.05) is 7.05 Å². The van der Waals surface area contributed by atoms with Crippen LogP contribution >= 0.6 is 0 Å². The highest BCUT2D eigenvalue weighted by Crippen LogP contribution is 2.31. The Hall–Kier alpha value is -1.85. The Kier molecular flexibility index (Phi) is 4.69. The van der Waals surface area contributed by atoms with Gasteiger partial charge in [0.2, 0.25) is 5.91 Å². The fraction of sp³-hybridized carbons (Fsp3) is 0.615. The number of carbonyl (C=O) groups excluding carboxylic acids is 1. The number of aliphatic carboxylic acids is 1. The molecule has 0 aliphatic carbocycles. The molecule has 0 aliphatic heterocycles. The second-order valence-corrected chi connectivity index (χ2v) is 5.29. The van der Waals surface area contributed by atoms with Crippen LogP contribution in [-0.2, 0) is 23.2 Å². The molecule has 1 unspecified atom stereocenters. The van der Waals surface area contributed by atoms with E-state index >= 15 is 0 Å². The number of carboxylic acid groups (broad SMARTS) is 1. The number of imidazole rings is 1. The van der Waals surface area contributed by atoms with Crippen LogP contribution in [0, 0.1) is 11.3 Å². The molecule has 1 aromatic rings. The van der Waals surface area contributed by atoms with Crippen LogP contribution < -0.4 is 5.32 Å². The van der Waals surface area contributed by atoms with E-state index in [0.29, 0.717) is 6.54 Å². The lowest BCUT2D eigenvalue weighted by atomic mass is 9.76. The second-order valence-electron chi connectivity index (χ2n) is 5.29. The topological polar surface area (TPSA) is 84.2 Å². The Morgan fingerprint density at radius 1 is 1.53 bits per heavy atom. The fourth-order valence-electron chi connectivity index (χ4n) is 1.67. The molecular weight excluding hydrogens is 246 g/mol. The molecule has 6 nitrogen and oxygen atoms in total. The van der Waals surface area contributed by atoms with E-state index in [1.54, 1.807) is 37.7 Å². The first-order valence-electron chi connectivity index (χ1n) is 6.23. The summed E-state index contributed by atoms with van der Waals surface area (Å²) in [5.41, 5.74) is -1.05. The molecule has 0 aliphatic rings. The maximum Gasteiger partial charge on any atom is 0.310 e. The summed E-state index contributed by atoms with van der Waals surface area (Å²) in [7, 11) is 1.84. The van der Waals surface area contributed by atoms with Gasteiger partial charge in [-0.3, -0.25) is 9.59 Å². The zero-order valence-electron chi connectivity index (χ0n) is 11.8. The van der Waals surface area contributed by atoms with Gasteiger partial charge in [0.1, 0.15) is 5.82 Å². The number of carbonyl (C=O) groups is 2. The van der Waals surface area contributed by atoms with Gasteiger partial charge < -0.3 is 15.0 Å². The number of aromatic nitrogens is 2. The molecule has 106 valence electrons. The van der Waals surface area contributed by atoms with Crippen LogP contribution in [0.15, 0.2) is 12.4 Å². The molecule has 0 aromatic carbocycles. The van der Waals surface area contributed by atoms with Crippen LogP contribution in [0.5, 0.6) is 0 Å². The smallest absolute Gasteiger partial charge is 0.310 e. The highest BCUT2D eigenvalue weighted by Gasteiger charge is 2.38. The highest BCUT2D eigenvalue weighted by atomic mass is 16.4. The van der Waals surface area contributed by atoms with E-state index in [1.165, 1.54) is 0 Å². The first kappa shape index (κ1) is 15.2. The van der Waals surface area contributed by atoms with Gasteiger partial charge in [0, 0.05) is 25.9 Å². The number of hydrogen-bond acceptors (Lipinski definition) is 3. The predicted octanol–water partition coefficient (Wildman–Crippen LogP) is 1.17. The number of amides is 1. The van der Waals surface area contributed by atoms with Crippen molar-refractivity contribution in [1.29, 1.82) is 0 Å². The SMILES string of the molecule is CC(C)C(C)(CC(=O)NCc1nccn1C)C(=O)O. The maximum atomic E-state index is 11.9. The Morgan fingerprint density at radius 3 is 2.58 bits per heavy atom. The van der Waals surface area contributed by atoms with Crippen molar-refractivity contribution >= 4 is 11.9 Å². The molecule has 1 aromatic heterocycles. The van der Waals surface area contributed by atoms with Gasteiger partial charge in [-0.15, -0.1) is 0 Å². The third-order valence-corrected chi connectivity index (χ3v) is 3.66. The van der Waals surface area contributed by atoms with E-state index < -0.39 is 11.4 Å². The number of nitrogens with zero attached hydrogens (tertiary/aromatic N) is 2. The van der Waals surface area contributed by atoms with Crippen molar-refractivity contribution in [3.63, 3.8) is 0 Å². The standard InChI is InChI=1S/C13H21N3O3/c1-9(2)13(3,12(18)19)7-11(17)15-8-10-14-5-6-16(10)4/h5-6,9H,7-8H2,1-4H3,(H,15,17)(H,18,19). The number of carboxylic acids is 1. The molecule has 1 amide bonds. The van der Waals surface area contributed by atoms with Gasteiger partial charge in [-0.25, -0.2) is 4.98 Å². The number of hydrogen-bond donors (Lipinski definition) is 2. The molecule has 0 bridgehead atoms. The van der Waals surface area contributed by atoms with Gasteiger partial charge in [0.05, 0.1) is 12.0 Å². The summed E-state index contributed by atoms with van der Waals surface area (Å²) in [5, 5.41) is 12.0. The molecule has 2 N–H and O–H groups in total. The van der Waals surface area contributed by atoms with Crippen LogP contribution in [0.25, 0.3) is 0 Å². The van der Waals surface area contributed by atoms with Crippen molar-refractivity contribution in [2.75, 3.05) is 0 Å². The average Bonchev–Trinajstić information content (AvgIpc) is 2.71. The molecule has 1 rings (SSSR count). The monoisotopic (exact) mass is 267 g/mol. The minimum Gasteiger partial charge on any atom is -0.481 e. The quantitative estimate of drug-likeness (QED) is 0.810. The van der Waals surface area contributed by atoms with Crippen molar-refractivity contribution in [1.82, 2.24) is 14.9 Å². The third-order valence-electron chi connectivity index (χ3n) is 3.66. The first-order chi connectivity index (χ1) is 8.77. The van der Waals surface area contributed by atoms with Crippen LogP contribution in [0.3, 0.4) is 0 Å². The van der Waals surface area contributed by atoms with E-state index in [-0.39, 0.29) is 18.2 Å². The largest absolute Gasteiger partial charge is 0.481 e. The molecule has 6 heteroatoms. The molecule has 1 heterocycles. The Bertz CT molecular complexity index is 467. The lowest BCUT2D eigenvalue weighted by Gasteiger charge is -2.28. The van der Waals surface area contributed by atoms with E-state index in [0.717, 1.165) is 5.82 Å². The van der Waals surface area contributed by atoms with E-state index in [2.05, 4.69) is 10.3 Å². The molecule has 0 spiro atoms. The molecule has 19 heavy (non-hydrogen) atoms. The van der Waals surface area contributed by atoms with E-state index in [9.17, 15) is 14.7 Å². The van der Waals surface area contributed by atoms with Gasteiger partial charge in [-0.05, 0) is 12.8 Å². The molecule has 0 radical (unpaired) electrons. The summed E-state index contributed by atoms with van der Waals surface area (Å²) in [5.74, 6) is -0.616. The number of nitrogens with one attached hydrogen (secondary N) is 1. The summed E-state index contributed by atoms with van der Waals surface area (Å²) in [6.45, 7) is 5.51. The average molecular weight is 267 g/mol. The molecule has 1 atom stereocenters. The summed E-state index contributed by atoms with van der Waals surface area (Å²) >= 11 is 0. The molecule has 0 saturated heterocycles. The zero-order chi connectivity index (χ0) is 14.6. The highest BCUT2D eigenvalue weighted by molar-refractivity contribution is 5.84. The fourth-order valence-corrected chi connectivity index (χ4v) is 1.67. The van der Waals surface area contributed by atoms with Crippen LogP contribution in [-0.4, -0.2) is 26.5 Å². The van der Waals surface area contributed by atoms with E-state index in [4.69, 9.17) is 0 Å². The van der Waals surface area contributed by atoms with Crippen molar-refractivity contribution in [2.24, 2.45) is 18.4 Å². The summed E-state index contributed by atoms with van der Waals surface area (Å²) in [4.78, 5) is 27.2. The lowest BCUT2D eigenvalue weighted by molar-refractivity contribution is -0.153. The Morgan fingerprint density at radius 2 is 2.16 bits per heavy atom. The van der Waals surface area contributed by atoms with Crippen molar-refractivity contribution in [3.05, 3.63) is 18.2 Å². The normalized spacial score (nSPS) is 14.2. The van der Waals surface area contributed by atoms with Gasteiger partial charge >= 0.3 is 5.97 Å². The molecular formula is C13H21N3O3. The van der Waals surface area contributed by atoms with Crippen LogP contribution in [0.2, 0.25) is 0 Å². The molecule has 0 fully saturated rings.